The van der Waals surface area contributed by atoms with Crippen molar-refractivity contribution in [1.82, 2.24) is 5.43 Å². The zero-order valence-electron chi connectivity index (χ0n) is 16.6. The van der Waals surface area contributed by atoms with Gasteiger partial charge in [-0.2, -0.15) is 5.10 Å². The standard InChI is InChI=1S/C23H19Cl2N3O3/c1-15-5-7-16(8-6-15)14-31-19-4-2-3-17(11-19)13-26-28-23(30)22(29)27-18-9-10-20(24)21(25)12-18/h2-13H,14H2,1H3,(H,27,29)(H,28,30). The first-order valence-corrected chi connectivity index (χ1v) is 10.0. The normalized spacial score (nSPS) is 10.7. The van der Waals surface area contributed by atoms with E-state index in [-0.39, 0.29) is 5.02 Å². The molecule has 0 radical (unpaired) electrons. The molecule has 0 bridgehead atoms. The number of carbonyl (C=O) groups is 2. The average molecular weight is 456 g/mol. The third kappa shape index (κ3) is 6.84. The minimum atomic E-state index is -0.922. The predicted octanol–water partition coefficient (Wildman–Crippen LogP) is 4.97. The Kier molecular flexibility index (Phi) is 7.65. The Morgan fingerprint density at radius 1 is 0.968 bits per heavy atom. The summed E-state index contributed by atoms with van der Waals surface area (Å²) in [7, 11) is 0. The lowest BCUT2D eigenvalue weighted by molar-refractivity contribution is -0.136. The molecule has 0 spiro atoms. The molecule has 0 aliphatic heterocycles. The number of hydrazone groups is 1. The molecule has 0 unspecified atom stereocenters. The molecule has 2 N–H and O–H groups in total. The lowest BCUT2D eigenvalue weighted by Gasteiger charge is -2.07. The van der Waals surface area contributed by atoms with Gasteiger partial charge >= 0.3 is 11.8 Å². The SMILES string of the molecule is Cc1ccc(COc2cccc(C=NNC(=O)C(=O)Nc3ccc(Cl)c(Cl)c3)c2)cc1. The number of ether oxygens (including phenoxy) is 1. The second kappa shape index (κ2) is 10.6. The van der Waals surface area contributed by atoms with E-state index >= 15 is 0 Å². The Labute approximate surface area is 189 Å². The summed E-state index contributed by atoms with van der Waals surface area (Å²) in [5, 5.41) is 6.84. The monoisotopic (exact) mass is 455 g/mol. The Morgan fingerprint density at radius 3 is 2.48 bits per heavy atom. The number of anilines is 1. The van der Waals surface area contributed by atoms with Crippen molar-refractivity contribution in [3.05, 3.63) is 93.5 Å². The maximum absolute atomic E-state index is 12.0. The highest BCUT2D eigenvalue weighted by Gasteiger charge is 2.13. The van der Waals surface area contributed by atoms with Gasteiger partial charge < -0.3 is 10.1 Å². The Hall–Kier alpha value is -3.35. The largest absolute Gasteiger partial charge is 0.489 e. The topological polar surface area (TPSA) is 79.8 Å². The molecule has 0 aromatic heterocycles. The number of hydrogen-bond acceptors (Lipinski definition) is 4. The first kappa shape index (κ1) is 22.3. The van der Waals surface area contributed by atoms with E-state index in [1.54, 1.807) is 12.1 Å². The Balaban J connectivity index is 1.52. The van der Waals surface area contributed by atoms with Gasteiger partial charge in [0.15, 0.2) is 0 Å². The van der Waals surface area contributed by atoms with Crippen LogP contribution in [0, 0.1) is 6.92 Å². The van der Waals surface area contributed by atoms with Crippen LogP contribution in [0.4, 0.5) is 5.69 Å². The van der Waals surface area contributed by atoms with Gasteiger partial charge in [-0.1, -0.05) is 65.2 Å². The van der Waals surface area contributed by atoms with Crippen molar-refractivity contribution in [2.24, 2.45) is 5.10 Å². The van der Waals surface area contributed by atoms with Crippen LogP contribution in [0.2, 0.25) is 10.0 Å². The van der Waals surface area contributed by atoms with Crippen molar-refractivity contribution in [1.29, 1.82) is 0 Å². The summed E-state index contributed by atoms with van der Waals surface area (Å²) in [6.45, 7) is 2.47. The van der Waals surface area contributed by atoms with Crippen LogP contribution in [0.25, 0.3) is 0 Å². The van der Waals surface area contributed by atoms with Gasteiger partial charge in [0, 0.05) is 5.69 Å². The maximum Gasteiger partial charge on any atom is 0.329 e. The highest BCUT2D eigenvalue weighted by atomic mass is 35.5. The average Bonchev–Trinajstić information content (AvgIpc) is 2.76. The Morgan fingerprint density at radius 2 is 1.74 bits per heavy atom. The number of hydrogen-bond donors (Lipinski definition) is 2. The molecule has 6 nitrogen and oxygen atoms in total. The van der Waals surface area contributed by atoms with Gasteiger partial charge in [-0.15, -0.1) is 0 Å². The fourth-order valence-electron chi connectivity index (χ4n) is 2.51. The van der Waals surface area contributed by atoms with Crippen molar-refractivity contribution < 1.29 is 14.3 Å². The minimum absolute atomic E-state index is 0.266. The second-order valence-electron chi connectivity index (χ2n) is 6.63. The first-order valence-electron chi connectivity index (χ1n) is 9.28. The lowest BCUT2D eigenvalue weighted by atomic mass is 10.2. The molecule has 8 heteroatoms. The number of amides is 2. The summed E-state index contributed by atoms with van der Waals surface area (Å²) < 4.78 is 5.79. The van der Waals surface area contributed by atoms with Crippen molar-refractivity contribution in [3.8, 4) is 5.75 Å². The number of carbonyl (C=O) groups excluding carboxylic acids is 2. The molecule has 0 heterocycles. The molecule has 158 valence electrons. The molecular formula is C23H19Cl2N3O3. The smallest absolute Gasteiger partial charge is 0.329 e. The van der Waals surface area contributed by atoms with E-state index in [1.165, 1.54) is 30.0 Å². The number of aryl methyl sites for hydroxylation is 1. The van der Waals surface area contributed by atoms with Gasteiger partial charge in [0.05, 0.1) is 16.3 Å². The molecular weight excluding hydrogens is 437 g/mol. The molecule has 0 aliphatic carbocycles. The third-order valence-electron chi connectivity index (χ3n) is 4.15. The molecule has 3 aromatic carbocycles. The van der Waals surface area contributed by atoms with E-state index in [0.29, 0.717) is 28.6 Å². The van der Waals surface area contributed by atoms with Gasteiger partial charge in [-0.3, -0.25) is 9.59 Å². The first-order chi connectivity index (χ1) is 14.9. The molecule has 0 saturated carbocycles. The van der Waals surface area contributed by atoms with Crippen LogP contribution < -0.4 is 15.5 Å². The quantitative estimate of drug-likeness (QED) is 0.312. The molecule has 3 rings (SSSR count). The van der Waals surface area contributed by atoms with Gasteiger partial charge in [-0.05, 0) is 48.4 Å². The maximum atomic E-state index is 12.0. The summed E-state index contributed by atoms with van der Waals surface area (Å²) >= 11 is 11.7. The van der Waals surface area contributed by atoms with Crippen molar-refractivity contribution in [2.45, 2.75) is 13.5 Å². The summed E-state index contributed by atoms with van der Waals surface area (Å²) in [6.07, 6.45) is 1.42. The van der Waals surface area contributed by atoms with Crippen molar-refractivity contribution in [2.75, 3.05) is 5.32 Å². The van der Waals surface area contributed by atoms with Gasteiger partial charge in [0.25, 0.3) is 0 Å². The molecule has 0 aliphatic rings. The van der Waals surface area contributed by atoms with Crippen LogP contribution >= 0.6 is 23.2 Å². The summed E-state index contributed by atoms with van der Waals surface area (Å²) in [4.78, 5) is 23.9. The van der Waals surface area contributed by atoms with Crippen LogP contribution in [0.5, 0.6) is 5.75 Å². The fourth-order valence-corrected chi connectivity index (χ4v) is 2.81. The van der Waals surface area contributed by atoms with Crippen LogP contribution in [0.3, 0.4) is 0 Å². The molecule has 0 saturated heterocycles. The minimum Gasteiger partial charge on any atom is -0.489 e. The van der Waals surface area contributed by atoms with Crippen LogP contribution in [0.15, 0.2) is 71.8 Å². The van der Waals surface area contributed by atoms with Crippen LogP contribution in [0.1, 0.15) is 16.7 Å². The van der Waals surface area contributed by atoms with E-state index in [1.807, 2.05) is 43.3 Å². The van der Waals surface area contributed by atoms with Crippen molar-refractivity contribution in [3.63, 3.8) is 0 Å². The van der Waals surface area contributed by atoms with E-state index in [2.05, 4.69) is 15.8 Å². The Bertz CT molecular complexity index is 1120. The van der Waals surface area contributed by atoms with E-state index in [0.717, 1.165) is 5.56 Å². The fraction of sp³-hybridized carbons (Fsp3) is 0.0870. The highest BCUT2D eigenvalue weighted by molar-refractivity contribution is 6.42. The van der Waals surface area contributed by atoms with E-state index in [9.17, 15) is 9.59 Å². The number of halogens is 2. The van der Waals surface area contributed by atoms with Gasteiger partial charge in [-0.25, -0.2) is 5.43 Å². The summed E-state index contributed by atoms with van der Waals surface area (Å²) in [5.74, 6) is -1.15. The number of rotatable bonds is 6. The zero-order valence-corrected chi connectivity index (χ0v) is 18.1. The summed E-state index contributed by atoms with van der Waals surface area (Å²) in [6, 6.07) is 19.8. The number of nitrogens with one attached hydrogen (secondary N) is 2. The van der Waals surface area contributed by atoms with E-state index in [4.69, 9.17) is 27.9 Å². The molecule has 0 fully saturated rings. The third-order valence-corrected chi connectivity index (χ3v) is 4.89. The molecule has 0 atom stereocenters. The molecule has 3 aromatic rings. The summed E-state index contributed by atoms with van der Waals surface area (Å²) in [5.41, 5.74) is 5.47. The molecule has 2 amide bonds. The van der Waals surface area contributed by atoms with Gasteiger partial charge in [0.2, 0.25) is 0 Å². The van der Waals surface area contributed by atoms with Gasteiger partial charge in [0.1, 0.15) is 12.4 Å². The number of nitrogens with zero attached hydrogens (tertiary/aromatic N) is 1. The zero-order chi connectivity index (χ0) is 22.2. The van der Waals surface area contributed by atoms with Crippen molar-refractivity contribution >= 4 is 46.9 Å². The lowest BCUT2D eigenvalue weighted by Crippen LogP contribution is -2.32. The number of benzene rings is 3. The van der Waals surface area contributed by atoms with Crippen LogP contribution in [-0.2, 0) is 16.2 Å². The second-order valence-corrected chi connectivity index (χ2v) is 7.44. The highest BCUT2D eigenvalue weighted by Crippen LogP contribution is 2.24. The predicted molar refractivity (Wildman–Crippen MR) is 123 cm³/mol. The molecule has 31 heavy (non-hydrogen) atoms. The van der Waals surface area contributed by atoms with E-state index < -0.39 is 11.8 Å². The van der Waals surface area contributed by atoms with Crippen LogP contribution in [-0.4, -0.2) is 18.0 Å².